The van der Waals surface area contributed by atoms with Gasteiger partial charge in [0.15, 0.2) is 0 Å². The molecule has 2 N–H and O–H groups in total. The van der Waals surface area contributed by atoms with Crippen LogP contribution in [0.2, 0.25) is 0 Å². The van der Waals surface area contributed by atoms with E-state index in [0.29, 0.717) is 48.1 Å². The van der Waals surface area contributed by atoms with Gasteiger partial charge in [0.05, 0.1) is 18.2 Å². The van der Waals surface area contributed by atoms with E-state index in [-0.39, 0.29) is 30.3 Å². The molecule has 0 unspecified atom stereocenters. The van der Waals surface area contributed by atoms with Gasteiger partial charge in [-0.1, -0.05) is 12.1 Å². The molecule has 2 fully saturated rings. The third-order valence-corrected chi connectivity index (χ3v) is 7.56. The van der Waals surface area contributed by atoms with Crippen molar-refractivity contribution in [2.45, 2.75) is 51.1 Å². The molecule has 2 aromatic carbocycles. The van der Waals surface area contributed by atoms with Gasteiger partial charge in [0.1, 0.15) is 11.6 Å². The van der Waals surface area contributed by atoms with Crippen LogP contribution in [0.15, 0.2) is 36.5 Å². The number of aromatic nitrogens is 1. The molecule has 8 heteroatoms. The average Bonchev–Trinajstić information content (AvgIpc) is 3.17. The molecule has 2 aliphatic rings. The molecule has 3 aromatic rings. The minimum Gasteiger partial charge on any atom is -0.496 e. The normalized spacial score (nSPS) is 21.5. The summed E-state index contributed by atoms with van der Waals surface area (Å²) >= 11 is 0. The van der Waals surface area contributed by atoms with Gasteiger partial charge in [0, 0.05) is 42.6 Å². The number of aryl methyl sites for hydroxylation is 1. The quantitative estimate of drug-likeness (QED) is 0.473. The minimum absolute atomic E-state index is 0.123. The van der Waals surface area contributed by atoms with Gasteiger partial charge in [-0.3, -0.25) is 4.90 Å². The van der Waals surface area contributed by atoms with E-state index in [1.165, 1.54) is 6.20 Å². The summed E-state index contributed by atoms with van der Waals surface area (Å²) in [5.74, 6) is -3.42. The Morgan fingerprint density at radius 2 is 1.97 bits per heavy atom. The van der Waals surface area contributed by atoms with Gasteiger partial charge in [-0.15, -0.1) is 0 Å². The lowest BCUT2D eigenvalue weighted by Crippen LogP contribution is -2.53. The summed E-state index contributed by atoms with van der Waals surface area (Å²) in [4.78, 5) is 16.5. The maximum atomic E-state index is 14.8. The van der Waals surface area contributed by atoms with Crippen molar-refractivity contribution in [2.24, 2.45) is 5.41 Å². The van der Waals surface area contributed by atoms with E-state index in [1.54, 1.807) is 31.4 Å². The highest BCUT2D eigenvalue weighted by Crippen LogP contribution is 2.60. The van der Waals surface area contributed by atoms with E-state index in [9.17, 15) is 23.1 Å². The number of aromatic carboxylic acids is 1. The first-order valence-corrected chi connectivity index (χ1v) is 11.4. The van der Waals surface area contributed by atoms with Crippen LogP contribution in [0.1, 0.15) is 58.8 Å². The standard InChI is InChI=1S/C26H27F3N2O3/c1-15-9-21(34-2)18(22-19(27)11-30-23(15)22)12-31-8-7-25(13-26(28,29)14-25)10-20(31)16-3-5-17(6-4-16)24(32)33/h3-6,9,11,20,30H,7-8,10,12-14H2,1-2H3,(H,32,33)/t20-/m0/s1. The SMILES string of the molecule is COc1cc(C)c2[nH]cc(F)c2c1CN1CCC2(C[C@H]1c1ccc(C(=O)O)cc1)CC(F)(F)C2. The predicted molar refractivity (Wildman–Crippen MR) is 122 cm³/mol. The number of rotatable bonds is 5. The maximum Gasteiger partial charge on any atom is 0.335 e. The van der Waals surface area contributed by atoms with Crippen LogP contribution >= 0.6 is 0 Å². The van der Waals surface area contributed by atoms with Crippen LogP contribution in [-0.4, -0.2) is 40.5 Å². The van der Waals surface area contributed by atoms with E-state index in [0.717, 1.165) is 11.1 Å². The molecule has 0 radical (unpaired) electrons. The van der Waals surface area contributed by atoms with E-state index in [1.807, 2.05) is 13.0 Å². The number of carboxylic acids is 1. The third kappa shape index (κ3) is 3.83. The van der Waals surface area contributed by atoms with E-state index in [2.05, 4.69) is 9.88 Å². The van der Waals surface area contributed by atoms with Crippen molar-refractivity contribution in [2.75, 3.05) is 13.7 Å². The monoisotopic (exact) mass is 472 g/mol. The Labute approximate surface area is 195 Å². The predicted octanol–water partition coefficient (Wildman–Crippen LogP) is 6.07. The summed E-state index contributed by atoms with van der Waals surface area (Å²) in [7, 11) is 1.55. The maximum absolute atomic E-state index is 14.8. The van der Waals surface area contributed by atoms with Crippen LogP contribution in [0.5, 0.6) is 5.75 Å². The number of H-pyrrole nitrogens is 1. The van der Waals surface area contributed by atoms with Crippen molar-refractivity contribution >= 4 is 16.9 Å². The topological polar surface area (TPSA) is 65.6 Å². The second-order valence-corrected chi connectivity index (χ2v) is 9.84. The second kappa shape index (κ2) is 8.05. The van der Waals surface area contributed by atoms with E-state index < -0.39 is 17.3 Å². The van der Waals surface area contributed by atoms with Crippen molar-refractivity contribution in [1.82, 2.24) is 9.88 Å². The Balaban J connectivity index is 1.53. The molecule has 1 aliphatic carbocycles. The van der Waals surface area contributed by atoms with Gasteiger partial charge in [-0.25, -0.2) is 18.0 Å². The number of methoxy groups -OCH3 is 1. The zero-order valence-electron chi connectivity index (χ0n) is 19.1. The summed E-state index contributed by atoms with van der Waals surface area (Å²) in [5.41, 5.74) is 2.91. The molecule has 34 heavy (non-hydrogen) atoms. The van der Waals surface area contributed by atoms with E-state index >= 15 is 0 Å². The van der Waals surface area contributed by atoms with Crippen molar-refractivity contribution in [3.8, 4) is 5.75 Å². The molecule has 1 saturated carbocycles. The average molecular weight is 473 g/mol. The Morgan fingerprint density at radius 1 is 1.26 bits per heavy atom. The number of halogens is 3. The number of carboxylic acid groups (broad SMARTS) is 1. The summed E-state index contributed by atoms with van der Waals surface area (Å²) in [6.45, 7) is 2.84. The summed E-state index contributed by atoms with van der Waals surface area (Å²) in [5, 5.41) is 9.74. The molecular weight excluding hydrogens is 445 g/mol. The molecule has 1 aromatic heterocycles. The molecule has 5 rings (SSSR count). The Kier molecular flexibility index (Phi) is 5.39. The first kappa shape index (κ1) is 22.8. The molecule has 1 saturated heterocycles. The number of alkyl halides is 2. The Bertz CT molecular complexity index is 1240. The largest absolute Gasteiger partial charge is 0.496 e. The highest BCUT2D eigenvalue weighted by Gasteiger charge is 2.58. The number of piperidine rings is 1. The van der Waals surface area contributed by atoms with Crippen molar-refractivity contribution in [3.63, 3.8) is 0 Å². The van der Waals surface area contributed by atoms with E-state index in [4.69, 9.17) is 4.74 Å². The number of aromatic amines is 1. The third-order valence-electron chi connectivity index (χ3n) is 7.56. The summed E-state index contributed by atoms with van der Waals surface area (Å²) in [6, 6.07) is 8.29. The number of nitrogens with zero attached hydrogens (tertiary/aromatic N) is 1. The highest BCUT2D eigenvalue weighted by atomic mass is 19.3. The van der Waals surface area contributed by atoms with Crippen molar-refractivity contribution < 1.29 is 27.8 Å². The van der Waals surface area contributed by atoms with Crippen LogP contribution in [0.4, 0.5) is 13.2 Å². The summed E-state index contributed by atoms with van der Waals surface area (Å²) < 4.78 is 48.2. The molecule has 1 aliphatic heterocycles. The van der Waals surface area contributed by atoms with Crippen molar-refractivity contribution in [3.05, 3.63) is 64.6 Å². The second-order valence-electron chi connectivity index (χ2n) is 9.84. The van der Waals surface area contributed by atoms with Gasteiger partial charge < -0.3 is 14.8 Å². The fourth-order valence-electron chi connectivity index (χ4n) is 5.94. The molecule has 2 heterocycles. The number of ether oxygens (including phenoxy) is 1. The lowest BCUT2D eigenvalue weighted by molar-refractivity contribution is -0.186. The highest BCUT2D eigenvalue weighted by molar-refractivity contribution is 5.89. The number of hydrogen-bond donors (Lipinski definition) is 2. The Hall–Kier alpha value is -3.00. The number of nitrogens with one attached hydrogen (secondary N) is 1. The van der Waals surface area contributed by atoms with Gasteiger partial charge >= 0.3 is 5.97 Å². The molecule has 180 valence electrons. The fourth-order valence-corrected chi connectivity index (χ4v) is 5.94. The number of fused-ring (bicyclic) bond motifs is 1. The zero-order valence-corrected chi connectivity index (χ0v) is 19.1. The van der Waals surface area contributed by atoms with Gasteiger partial charge in [-0.2, -0.15) is 0 Å². The van der Waals surface area contributed by atoms with Crippen LogP contribution in [-0.2, 0) is 6.54 Å². The van der Waals surface area contributed by atoms with Crippen LogP contribution < -0.4 is 4.74 Å². The number of benzene rings is 2. The number of hydrogen-bond acceptors (Lipinski definition) is 3. The fraction of sp³-hybridized carbons (Fsp3) is 0.423. The minimum atomic E-state index is -2.62. The summed E-state index contributed by atoms with van der Waals surface area (Å²) in [6.07, 6.45) is 2.27. The first-order chi connectivity index (χ1) is 16.1. The van der Waals surface area contributed by atoms with Crippen LogP contribution in [0.25, 0.3) is 10.9 Å². The number of carbonyl (C=O) groups is 1. The van der Waals surface area contributed by atoms with Crippen molar-refractivity contribution in [1.29, 1.82) is 0 Å². The lowest BCUT2D eigenvalue weighted by atomic mass is 9.59. The number of likely N-dealkylation sites (tertiary alicyclic amines) is 1. The van der Waals surface area contributed by atoms with Gasteiger partial charge in [-0.05, 0) is 61.1 Å². The van der Waals surface area contributed by atoms with Gasteiger partial charge in [0.25, 0.3) is 0 Å². The molecule has 0 bridgehead atoms. The molecule has 1 atom stereocenters. The Morgan fingerprint density at radius 3 is 2.59 bits per heavy atom. The molecular formula is C26H27F3N2O3. The smallest absolute Gasteiger partial charge is 0.335 e. The molecule has 0 amide bonds. The first-order valence-electron chi connectivity index (χ1n) is 11.4. The van der Waals surface area contributed by atoms with Crippen LogP contribution in [0.3, 0.4) is 0 Å². The zero-order chi connectivity index (χ0) is 24.3. The van der Waals surface area contributed by atoms with Crippen LogP contribution in [0, 0.1) is 18.2 Å². The molecule has 1 spiro atoms. The molecule has 5 nitrogen and oxygen atoms in total. The lowest BCUT2D eigenvalue weighted by Gasteiger charge is -2.54. The van der Waals surface area contributed by atoms with Gasteiger partial charge in [0.2, 0.25) is 5.92 Å².